The molecule has 7 heteroatoms. The first-order valence-corrected chi connectivity index (χ1v) is 7.43. The number of hydrogen-bond donors (Lipinski definition) is 1. The predicted octanol–water partition coefficient (Wildman–Crippen LogP) is 4.99. The maximum absolute atomic E-state index is 13.1. The second-order valence-electron chi connectivity index (χ2n) is 4.19. The van der Waals surface area contributed by atoms with Crippen molar-refractivity contribution in [3.63, 3.8) is 0 Å². The van der Waals surface area contributed by atoms with Crippen molar-refractivity contribution in [2.75, 3.05) is 5.32 Å². The van der Waals surface area contributed by atoms with Gasteiger partial charge in [-0.2, -0.15) is 0 Å². The van der Waals surface area contributed by atoms with Gasteiger partial charge in [-0.25, -0.2) is 9.37 Å². The van der Waals surface area contributed by atoms with Crippen molar-refractivity contribution in [1.82, 2.24) is 4.98 Å². The molecule has 0 unspecified atom stereocenters. The Labute approximate surface area is 133 Å². The third-order valence-electron chi connectivity index (χ3n) is 2.76. The van der Waals surface area contributed by atoms with E-state index in [9.17, 15) is 9.18 Å². The number of halogens is 3. The predicted molar refractivity (Wildman–Crippen MR) is 84.0 cm³/mol. The van der Waals surface area contributed by atoms with Crippen LogP contribution in [-0.2, 0) is 0 Å². The summed E-state index contributed by atoms with van der Waals surface area (Å²) in [6.07, 6.45) is 0. The van der Waals surface area contributed by atoms with Gasteiger partial charge in [0.05, 0.1) is 14.7 Å². The Morgan fingerprint density at radius 1 is 1.24 bits per heavy atom. The van der Waals surface area contributed by atoms with E-state index in [0.29, 0.717) is 20.7 Å². The second kappa shape index (κ2) is 5.60. The molecule has 0 bridgehead atoms. The number of benzene rings is 2. The van der Waals surface area contributed by atoms with Crippen LogP contribution in [0, 0.1) is 5.82 Å². The van der Waals surface area contributed by atoms with Gasteiger partial charge < -0.3 is 0 Å². The fraction of sp³-hybridized carbons (Fsp3) is 0. The Bertz CT molecular complexity index is 850. The number of fused-ring (bicyclic) bond motifs is 1. The lowest BCUT2D eigenvalue weighted by atomic mass is 10.2. The van der Waals surface area contributed by atoms with E-state index in [1.807, 2.05) is 0 Å². The number of carbonyl (C=O) groups is 1. The lowest BCUT2D eigenvalue weighted by Gasteiger charge is -2.01. The zero-order valence-corrected chi connectivity index (χ0v) is 12.7. The van der Waals surface area contributed by atoms with Crippen LogP contribution in [0.1, 0.15) is 10.4 Å². The number of aromatic nitrogens is 1. The lowest BCUT2D eigenvalue weighted by molar-refractivity contribution is 0.102. The summed E-state index contributed by atoms with van der Waals surface area (Å²) in [5.41, 5.74) is 0.752. The molecule has 106 valence electrons. The number of anilines is 1. The van der Waals surface area contributed by atoms with E-state index in [1.54, 1.807) is 12.1 Å². The summed E-state index contributed by atoms with van der Waals surface area (Å²) >= 11 is 13.3. The van der Waals surface area contributed by atoms with Crippen LogP contribution in [0.4, 0.5) is 9.52 Å². The minimum atomic E-state index is -0.471. The zero-order valence-electron chi connectivity index (χ0n) is 10.4. The average molecular weight is 341 g/mol. The smallest absolute Gasteiger partial charge is 0.257 e. The van der Waals surface area contributed by atoms with E-state index in [1.165, 1.54) is 29.5 Å². The molecule has 0 aliphatic heterocycles. The Kier molecular flexibility index (Phi) is 3.80. The molecule has 3 rings (SSSR count). The van der Waals surface area contributed by atoms with Gasteiger partial charge in [-0.05, 0) is 30.3 Å². The summed E-state index contributed by atoms with van der Waals surface area (Å²) in [6, 6.07) is 8.87. The Morgan fingerprint density at radius 3 is 2.81 bits per heavy atom. The molecule has 1 heterocycles. The number of amides is 1. The minimum absolute atomic E-state index is 0.221. The third-order valence-corrected chi connectivity index (χ3v) is 4.49. The maximum atomic E-state index is 13.1. The van der Waals surface area contributed by atoms with Crippen molar-refractivity contribution in [2.24, 2.45) is 0 Å². The molecule has 3 aromatic rings. The van der Waals surface area contributed by atoms with E-state index in [0.717, 1.165) is 10.8 Å². The zero-order chi connectivity index (χ0) is 15.0. The Balaban J connectivity index is 1.91. The van der Waals surface area contributed by atoms with Gasteiger partial charge in [0, 0.05) is 5.56 Å². The van der Waals surface area contributed by atoms with E-state index in [2.05, 4.69) is 10.3 Å². The molecule has 0 spiro atoms. The largest absolute Gasteiger partial charge is 0.298 e. The summed E-state index contributed by atoms with van der Waals surface area (Å²) in [6.45, 7) is 0. The first-order valence-electron chi connectivity index (χ1n) is 5.86. The van der Waals surface area contributed by atoms with E-state index < -0.39 is 11.7 Å². The van der Waals surface area contributed by atoms with E-state index in [-0.39, 0.29) is 5.56 Å². The van der Waals surface area contributed by atoms with Gasteiger partial charge in [-0.1, -0.05) is 40.6 Å². The van der Waals surface area contributed by atoms with Crippen LogP contribution < -0.4 is 5.32 Å². The number of thiazole rings is 1. The molecule has 0 atom stereocenters. The molecule has 0 aliphatic carbocycles. The number of nitrogens with zero attached hydrogens (tertiary/aromatic N) is 1. The van der Waals surface area contributed by atoms with Crippen molar-refractivity contribution >= 4 is 55.8 Å². The SMILES string of the molecule is O=C(Nc1nc2c(Cl)c(Cl)ccc2s1)c1cccc(F)c1. The second-order valence-corrected chi connectivity index (χ2v) is 6.01. The minimum Gasteiger partial charge on any atom is -0.298 e. The van der Waals surface area contributed by atoms with Crippen molar-refractivity contribution in [2.45, 2.75) is 0 Å². The van der Waals surface area contributed by atoms with Gasteiger partial charge in [0.15, 0.2) is 5.13 Å². The Hall–Kier alpha value is -1.69. The molecule has 1 N–H and O–H groups in total. The highest BCUT2D eigenvalue weighted by atomic mass is 35.5. The van der Waals surface area contributed by atoms with Gasteiger partial charge in [0.2, 0.25) is 0 Å². The number of carbonyl (C=O) groups excluding carboxylic acids is 1. The molecule has 0 aliphatic rings. The number of nitrogens with one attached hydrogen (secondary N) is 1. The van der Waals surface area contributed by atoms with Gasteiger partial charge in [-0.15, -0.1) is 0 Å². The van der Waals surface area contributed by atoms with Crippen LogP contribution in [0.25, 0.3) is 10.2 Å². The summed E-state index contributed by atoms with van der Waals surface area (Å²) in [7, 11) is 0. The van der Waals surface area contributed by atoms with Crippen molar-refractivity contribution in [1.29, 1.82) is 0 Å². The van der Waals surface area contributed by atoms with Crippen molar-refractivity contribution in [3.8, 4) is 0 Å². The maximum Gasteiger partial charge on any atom is 0.257 e. The van der Waals surface area contributed by atoms with Crippen LogP contribution in [0.2, 0.25) is 10.0 Å². The van der Waals surface area contributed by atoms with Gasteiger partial charge in [-0.3, -0.25) is 10.1 Å². The highest BCUT2D eigenvalue weighted by Crippen LogP contribution is 2.35. The molecule has 0 saturated heterocycles. The molecule has 21 heavy (non-hydrogen) atoms. The molecule has 3 nitrogen and oxygen atoms in total. The van der Waals surface area contributed by atoms with Crippen LogP contribution >= 0.6 is 34.5 Å². The third kappa shape index (κ3) is 2.85. The molecule has 2 aromatic carbocycles. The number of rotatable bonds is 2. The molecule has 0 fully saturated rings. The fourth-order valence-corrected chi connectivity index (χ4v) is 3.07. The Morgan fingerprint density at radius 2 is 2.05 bits per heavy atom. The standard InChI is InChI=1S/C14H7Cl2FN2OS/c15-9-4-5-10-12(11(9)16)18-14(21-10)19-13(20)7-2-1-3-8(17)6-7/h1-6H,(H,18,19,20). The molecule has 0 radical (unpaired) electrons. The topological polar surface area (TPSA) is 42.0 Å². The summed E-state index contributed by atoms with van der Waals surface area (Å²) in [5.74, 6) is -0.905. The van der Waals surface area contributed by atoms with Crippen molar-refractivity contribution in [3.05, 3.63) is 57.8 Å². The lowest BCUT2D eigenvalue weighted by Crippen LogP contribution is -2.11. The van der Waals surface area contributed by atoms with Gasteiger partial charge in [0.25, 0.3) is 5.91 Å². The summed E-state index contributed by atoms with van der Waals surface area (Å²) in [4.78, 5) is 16.3. The van der Waals surface area contributed by atoms with E-state index in [4.69, 9.17) is 23.2 Å². The monoisotopic (exact) mass is 340 g/mol. The normalized spacial score (nSPS) is 10.8. The average Bonchev–Trinajstić information content (AvgIpc) is 2.86. The first-order chi connectivity index (χ1) is 10.0. The highest BCUT2D eigenvalue weighted by molar-refractivity contribution is 7.22. The molecular weight excluding hydrogens is 334 g/mol. The van der Waals surface area contributed by atoms with Crippen LogP contribution in [0.3, 0.4) is 0 Å². The molecule has 1 aromatic heterocycles. The molecule has 1 amide bonds. The molecular formula is C14H7Cl2FN2OS. The van der Waals surface area contributed by atoms with Crippen LogP contribution in [0.5, 0.6) is 0 Å². The quantitative estimate of drug-likeness (QED) is 0.713. The first kappa shape index (κ1) is 14.3. The molecule has 0 saturated carbocycles. The van der Waals surface area contributed by atoms with Crippen molar-refractivity contribution < 1.29 is 9.18 Å². The number of hydrogen-bond acceptors (Lipinski definition) is 3. The highest BCUT2D eigenvalue weighted by Gasteiger charge is 2.13. The van der Waals surface area contributed by atoms with Crippen LogP contribution in [0.15, 0.2) is 36.4 Å². The summed E-state index contributed by atoms with van der Waals surface area (Å²) < 4.78 is 13.9. The summed E-state index contributed by atoms with van der Waals surface area (Å²) in [5, 5.41) is 3.74. The fourth-order valence-electron chi connectivity index (χ4n) is 1.79. The van der Waals surface area contributed by atoms with Gasteiger partial charge in [0.1, 0.15) is 11.3 Å². The van der Waals surface area contributed by atoms with Gasteiger partial charge >= 0.3 is 0 Å². The van der Waals surface area contributed by atoms with Crippen LogP contribution in [-0.4, -0.2) is 10.9 Å². The van der Waals surface area contributed by atoms with E-state index >= 15 is 0 Å².